The summed E-state index contributed by atoms with van der Waals surface area (Å²) in [6.45, 7) is 5.58. The van der Waals surface area contributed by atoms with Crippen molar-refractivity contribution in [1.29, 1.82) is 0 Å². The molecule has 16 heavy (non-hydrogen) atoms. The second kappa shape index (κ2) is 5.39. The van der Waals surface area contributed by atoms with Crippen molar-refractivity contribution in [3.8, 4) is 11.5 Å². The van der Waals surface area contributed by atoms with E-state index in [2.05, 4.69) is 5.32 Å². The average molecular weight is 223 g/mol. The van der Waals surface area contributed by atoms with Crippen LogP contribution in [0.2, 0.25) is 0 Å². The van der Waals surface area contributed by atoms with Gasteiger partial charge in [-0.25, -0.2) is 0 Å². The van der Waals surface area contributed by atoms with E-state index >= 15 is 0 Å². The van der Waals surface area contributed by atoms with Crippen molar-refractivity contribution in [3.05, 3.63) is 23.8 Å². The maximum Gasteiger partial charge on any atom is 0.258 e. The highest BCUT2D eigenvalue weighted by Gasteiger charge is 2.05. The van der Waals surface area contributed by atoms with E-state index < -0.39 is 0 Å². The normalized spacial score (nSPS) is 10.2. The van der Waals surface area contributed by atoms with Gasteiger partial charge in [-0.2, -0.15) is 0 Å². The van der Waals surface area contributed by atoms with Crippen LogP contribution in [0.3, 0.4) is 0 Å². The molecule has 0 aromatic heterocycles. The van der Waals surface area contributed by atoms with Crippen LogP contribution in [-0.2, 0) is 4.79 Å². The lowest BCUT2D eigenvalue weighted by Crippen LogP contribution is -2.34. The van der Waals surface area contributed by atoms with Crippen LogP contribution in [-0.4, -0.2) is 23.7 Å². The second-order valence-corrected chi connectivity index (χ2v) is 4.02. The van der Waals surface area contributed by atoms with Gasteiger partial charge in [-0.15, -0.1) is 0 Å². The minimum absolute atomic E-state index is 0.0406. The molecule has 1 amide bonds. The standard InChI is InChI=1S/C12H17NO3/c1-8(2)13-12(15)7-16-11-5-9(3)4-10(14)6-11/h4-6,8,14H,7H2,1-3H3,(H,13,15). The fourth-order valence-electron chi connectivity index (χ4n) is 1.32. The first-order valence-electron chi connectivity index (χ1n) is 5.20. The Kier molecular flexibility index (Phi) is 4.17. The highest BCUT2D eigenvalue weighted by atomic mass is 16.5. The van der Waals surface area contributed by atoms with Gasteiger partial charge in [0.1, 0.15) is 11.5 Å². The molecule has 1 aromatic carbocycles. The maximum atomic E-state index is 11.3. The van der Waals surface area contributed by atoms with Gasteiger partial charge in [-0.1, -0.05) is 0 Å². The summed E-state index contributed by atoms with van der Waals surface area (Å²) in [5.41, 5.74) is 0.888. The molecule has 0 bridgehead atoms. The molecule has 0 radical (unpaired) electrons. The van der Waals surface area contributed by atoms with Crippen molar-refractivity contribution >= 4 is 5.91 Å². The molecule has 0 saturated heterocycles. The monoisotopic (exact) mass is 223 g/mol. The van der Waals surface area contributed by atoms with Crippen LogP contribution in [0.1, 0.15) is 19.4 Å². The first kappa shape index (κ1) is 12.4. The van der Waals surface area contributed by atoms with Gasteiger partial charge in [0.05, 0.1) is 0 Å². The molecular weight excluding hydrogens is 206 g/mol. The molecule has 0 fully saturated rings. The number of phenolic OH excluding ortho intramolecular Hbond substituents is 1. The largest absolute Gasteiger partial charge is 0.508 e. The Bertz CT molecular complexity index is 354. The lowest BCUT2D eigenvalue weighted by molar-refractivity contribution is -0.123. The van der Waals surface area contributed by atoms with Crippen LogP contribution in [0.5, 0.6) is 11.5 Å². The molecule has 88 valence electrons. The van der Waals surface area contributed by atoms with Gasteiger partial charge in [-0.05, 0) is 38.5 Å². The lowest BCUT2D eigenvalue weighted by Gasteiger charge is -2.10. The quantitative estimate of drug-likeness (QED) is 0.815. The summed E-state index contributed by atoms with van der Waals surface area (Å²) in [7, 11) is 0. The third kappa shape index (κ3) is 4.21. The Labute approximate surface area is 95.2 Å². The summed E-state index contributed by atoms with van der Waals surface area (Å²) in [6.07, 6.45) is 0. The van der Waals surface area contributed by atoms with Gasteiger partial charge >= 0.3 is 0 Å². The third-order valence-electron chi connectivity index (χ3n) is 1.86. The minimum Gasteiger partial charge on any atom is -0.508 e. The van der Waals surface area contributed by atoms with Crippen LogP contribution < -0.4 is 10.1 Å². The molecule has 2 N–H and O–H groups in total. The molecule has 0 aliphatic heterocycles. The van der Waals surface area contributed by atoms with Crippen molar-refractivity contribution < 1.29 is 14.6 Å². The number of hydrogen-bond donors (Lipinski definition) is 2. The van der Waals surface area contributed by atoms with Crippen molar-refractivity contribution in [1.82, 2.24) is 5.32 Å². The van der Waals surface area contributed by atoms with Crippen molar-refractivity contribution in [2.24, 2.45) is 0 Å². The molecule has 1 aromatic rings. The fourth-order valence-corrected chi connectivity index (χ4v) is 1.32. The summed E-state index contributed by atoms with van der Waals surface area (Å²) in [4.78, 5) is 11.3. The molecule has 0 unspecified atom stereocenters. The van der Waals surface area contributed by atoms with E-state index in [0.29, 0.717) is 5.75 Å². The molecule has 0 heterocycles. The predicted octanol–water partition coefficient (Wildman–Crippen LogP) is 1.60. The maximum absolute atomic E-state index is 11.3. The summed E-state index contributed by atoms with van der Waals surface area (Å²) in [5, 5.41) is 12.0. The van der Waals surface area contributed by atoms with Crippen molar-refractivity contribution in [2.45, 2.75) is 26.8 Å². The van der Waals surface area contributed by atoms with Gasteiger partial charge in [0.2, 0.25) is 0 Å². The zero-order chi connectivity index (χ0) is 12.1. The van der Waals surface area contributed by atoms with Gasteiger partial charge in [0.15, 0.2) is 6.61 Å². The van der Waals surface area contributed by atoms with Crippen LogP contribution >= 0.6 is 0 Å². The fraction of sp³-hybridized carbons (Fsp3) is 0.417. The molecule has 0 saturated carbocycles. The Balaban J connectivity index is 2.51. The number of nitrogens with one attached hydrogen (secondary N) is 1. The topological polar surface area (TPSA) is 58.6 Å². The van der Waals surface area contributed by atoms with Gasteiger partial charge in [0, 0.05) is 12.1 Å². The van der Waals surface area contributed by atoms with E-state index in [9.17, 15) is 9.90 Å². The van der Waals surface area contributed by atoms with E-state index in [1.54, 1.807) is 12.1 Å². The van der Waals surface area contributed by atoms with E-state index in [4.69, 9.17) is 4.74 Å². The first-order chi connectivity index (χ1) is 7.47. The van der Waals surface area contributed by atoms with Gasteiger partial charge in [-0.3, -0.25) is 4.79 Å². The zero-order valence-electron chi connectivity index (χ0n) is 9.78. The van der Waals surface area contributed by atoms with Crippen molar-refractivity contribution in [2.75, 3.05) is 6.61 Å². The van der Waals surface area contributed by atoms with Crippen LogP contribution in [0.15, 0.2) is 18.2 Å². The van der Waals surface area contributed by atoms with E-state index in [1.807, 2.05) is 20.8 Å². The van der Waals surface area contributed by atoms with Crippen LogP contribution in [0.25, 0.3) is 0 Å². The molecular formula is C12H17NO3. The highest BCUT2D eigenvalue weighted by molar-refractivity contribution is 5.77. The number of hydrogen-bond acceptors (Lipinski definition) is 3. The Hall–Kier alpha value is -1.71. The molecule has 1 rings (SSSR count). The molecule has 0 aliphatic carbocycles. The first-order valence-corrected chi connectivity index (χ1v) is 5.20. The van der Waals surface area contributed by atoms with E-state index in [1.165, 1.54) is 6.07 Å². The number of amides is 1. The number of carbonyl (C=O) groups is 1. The number of aromatic hydroxyl groups is 1. The Morgan fingerprint density at radius 2 is 2.12 bits per heavy atom. The number of rotatable bonds is 4. The number of carbonyl (C=O) groups excluding carboxylic acids is 1. The van der Waals surface area contributed by atoms with Crippen LogP contribution in [0.4, 0.5) is 0 Å². The highest BCUT2D eigenvalue weighted by Crippen LogP contribution is 2.20. The van der Waals surface area contributed by atoms with Gasteiger partial charge in [0.25, 0.3) is 5.91 Å². The molecule has 4 heteroatoms. The predicted molar refractivity (Wildman–Crippen MR) is 61.6 cm³/mol. The average Bonchev–Trinajstić information content (AvgIpc) is 2.12. The van der Waals surface area contributed by atoms with E-state index in [-0.39, 0.29) is 24.3 Å². The second-order valence-electron chi connectivity index (χ2n) is 4.02. The smallest absolute Gasteiger partial charge is 0.258 e. The number of ether oxygens (including phenoxy) is 1. The molecule has 4 nitrogen and oxygen atoms in total. The third-order valence-corrected chi connectivity index (χ3v) is 1.86. The van der Waals surface area contributed by atoms with E-state index in [0.717, 1.165) is 5.56 Å². The van der Waals surface area contributed by atoms with Gasteiger partial charge < -0.3 is 15.2 Å². The summed E-state index contributed by atoms with van der Waals surface area (Å²) < 4.78 is 5.26. The molecule has 0 atom stereocenters. The molecule has 0 aliphatic rings. The summed E-state index contributed by atoms with van der Waals surface area (Å²) >= 11 is 0. The van der Waals surface area contributed by atoms with Crippen LogP contribution in [0, 0.1) is 6.92 Å². The number of benzene rings is 1. The molecule has 0 spiro atoms. The zero-order valence-corrected chi connectivity index (χ0v) is 9.78. The van der Waals surface area contributed by atoms with Crippen molar-refractivity contribution in [3.63, 3.8) is 0 Å². The summed E-state index contributed by atoms with van der Waals surface area (Å²) in [5.74, 6) is 0.465. The number of aryl methyl sites for hydroxylation is 1. The number of phenols is 1. The Morgan fingerprint density at radius 1 is 1.44 bits per heavy atom. The minimum atomic E-state index is -0.170. The SMILES string of the molecule is Cc1cc(O)cc(OCC(=O)NC(C)C)c1. The summed E-state index contributed by atoms with van der Waals surface area (Å²) in [6, 6.07) is 4.97. The lowest BCUT2D eigenvalue weighted by atomic mass is 10.2. The Morgan fingerprint density at radius 3 is 2.69 bits per heavy atom.